The number of rotatable bonds is 37. The number of unbranched alkanes of at least 4 members (excludes halogenated alkanes) is 29. The summed E-state index contributed by atoms with van der Waals surface area (Å²) in [5, 5.41) is 0. The van der Waals surface area contributed by atoms with E-state index >= 15 is 0 Å². The Balaban J connectivity index is 3.94. The van der Waals surface area contributed by atoms with Crippen molar-refractivity contribution < 1.29 is 4.48 Å². The standard InChI is InChI=1S/C42H89N2/c1-6-8-10-12-14-16-18-20-22-23-24-26-28-30-32-34-36-41-44(5,42(3,4)38-37-39-43)40-35-33-31-29-27-25-21-19-17-15-13-11-9-7-2/h6-41,43H2,1-5H3/q+1. The van der Waals surface area contributed by atoms with E-state index in [-0.39, 0.29) is 0 Å². The first kappa shape index (κ1) is 43.9. The van der Waals surface area contributed by atoms with Crippen molar-refractivity contribution in [2.45, 2.75) is 245 Å². The third-order valence-electron chi connectivity index (χ3n) is 11.2. The molecule has 0 fully saturated rings. The lowest BCUT2D eigenvalue weighted by Gasteiger charge is -2.48. The molecule has 0 aliphatic heterocycles. The van der Waals surface area contributed by atoms with E-state index in [1.165, 1.54) is 229 Å². The van der Waals surface area contributed by atoms with E-state index in [1.54, 1.807) is 0 Å². The molecule has 0 heterocycles. The van der Waals surface area contributed by atoms with Crippen LogP contribution in [0.2, 0.25) is 0 Å². The fraction of sp³-hybridized carbons (Fsp3) is 1.00. The molecule has 0 aromatic rings. The van der Waals surface area contributed by atoms with E-state index in [0.29, 0.717) is 5.54 Å². The summed E-state index contributed by atoms with van der Waals surface area (Å²) in [6, 6.07) is 0. The molecule has 44 heavy (non-hydrogen) atoms. The van der Waals surface area contributed by atoms with Gasteiger partial charge in [-0.25, -0.2) is 0 Å². The Morgan fingerprint density at radius 3 is 0.818 bits per heavy atom. The highest BCUT2D eigenvalue weighted by molar-refractivity contribution is 4.71. The maximum atomic E-state index is 5.95. The van der Waals surface area contributed by atoms with Crippen LogP contribution in [0.1, 0.15) is 240 Å². The Morgan fingerprint density at radius 1 is 0.364 bits per heavy atom. The molecule has 1 unspecified atom stereocenters. The largest absolute Gasteiger partial charge is 0.330 e. The third kappa shape index (κ3) is 27.1. The predicted octanol–water partition coefficient (Wildman–Crippen LogP) is 14.1. The fourth-order valence-electron chi connectivity index (χ4n) is 7.36. The SMILES string of the molecule is CCCCCCCCCCCCCCCCCCC[N+](C)(CCCCCCCCCCCCCCCC)C(C)(C)CCCN. The Bertz CT molecular complexity index is 544. The van der Waals surface area contributed by atoms with Gasteiger partial charge in [-0.1, -0.05) is 187 Å². The highest BCUT2D eigenvalue weighted by Crippen LogP contribution is 2.30. The monoisotopic (exact) mass is 622 g/mol. The number of nitrogens with zero attached hydrogens (tertiary/aromatic N) is 1. The molecule has 0 aromatic heterocycles. The van der Waals surface area contributed by atoms with Crippen LogP contribution in [0.15, 0.2) is 0 Å². The van der Waals surface area contributed by atoms with Gasteiger partial charge in [0.25, 0.3) is 0 Å². The molecule has 0 rings (SSSR count). The maximum Gasteiger partial charge on any atom is 0.0934 e. The number of hydrogen-bond donors (Lipinski definition) is 1. The minimum atomic E-state index is 0.338. The lowest BCUT2D eigenvalue weighted by molar-refractivity contribution is -0.956. The van der Waals surface area contributed by atoms with E-state index in [9.17, 15) is 0 Å². The molecule has 0 bridgehead atoms. The van der Waals surface area contributed by atoms with Gasteiger partial charge in [0.05, 0.1) is 25.7 Å². The summed E-state index contributed by atoms with van der Waals surface area (Å²) < 4.78 is 1.25. The molecule has 266 valence electrons. The molecular formula is C42H89N2+. The lowest BCUT2D eigenvalue weighted by Crippen LogP contribution is -2.59. The molecule has 0 saturated heterocycles. The summed E-state index contributed by atoms with van der Waals surface area (Å²) in [6.07, 6.45) is 47.4. The van der Waals surface area contributed by atoms with Gasteiger partial charge in [0, 0.05) is 6.42 Å². The minimum Gasteiger partial charge on any atom is -0.330 e. The van der Waals surface area contributed by atoms with Crippen molar-refractivity contribution in [3.63, 3.8) is 0 Å². The summed E-state index contributed by atoms with van der Waals surface area (Å²) >= 11 is 0. The molecule has 0 aliphatic carbocycles. The van der Waals surface area contributed by atoms with Crippen LogP contribution >= 0.6 is 0 Å². The van der Waals surface area contributed by atoms with Crippen LogP contribution in [0.4, 0.5) is 0 Å². The summed E-state index contributed by atoms with van der Waals surface area (Å²) in [6.45, 7) is 13.2. The van der Waals surface area contributed by atoms with Gasteiger partial charge in [-0.05, 0) is 52.5 Å². The van der Waals surface area contributed by atoms with E-state index in [1.807, 2.05) is 0 Å². The van der Waals surface area contributed by atoms with Gasteiger partial charge in [0.15, 0.2) is 0 Å². The van der Waals surface area contributed by atoms with Crippen molar-refractivity contribution in [1.82, 2.24) is 0 Å². The molecule has 0 radical (unpaired) electrons. The van der Waals surface area contributed by atoms with Crippen molar-refractivity contribution in [2.75, 3.05) is 26.7 Å². The number of hydrogen-bond acceptors (Lipinski definition) is 1. The van der Waals surface area contributed by atoms with Gasteiger partial charge in [0.2, 0.25) is 0 Å². The highest BCUT2D eigenvalue weighted by Gasteiger charge is 2.38. The Morgan fingerprint density at radius 2 is 0.591 bits per heavy atom. The van der Waals surface area contributed by atoms with Crippen molar-refractivity contribution in [2.24, 2.45) is 5.73 Å². The molecule has 0 aliphatic rings. The van der Waals surface area contributed by atoms with Crippen LogP contribution in [-0.2, 0) is 0 Å². The van der Waals surface area contributed by atoms with Gasteiger partial charge in [0.1, 0.15) is 0 Å². The van der Waals surface area contributed by atoms with Crippen LogP contribution in [0, 0.1) is 0 Å². The van der Waals surface area contributed by atoms with Crippen molar-refractivity contribution in [3.8, 4) is 0 Å². The zero-order valence-electron chi connectivity index (χ0n) is 32.0. The van der Waals surface area contributed by atoms with Crippen molar-refractivity contribution in [1.29, 1.82) is 0 Å². The van der Waals surface area contributed by atoms with E-state index in [4.69, 9.17) is 5.73 Å². The summed E-state index contributed by atoms with van der Waals surface area (Å²) in [5.41, 5.74) is 6.29. The first-order valence-corrected chi connectivity index (χ1v) is 21.0. The molecular weight excluding hydrogens is 532 g/mol. The second kappa shape index (κ2) is 32.8. The lowest BCUT2D eigenvalue weighted by atomic mass is 9.91. The number of nitrogens with two attached hydrogens (primary N) is 1. The first-order chi connectivity index (χ1) is 21.4. The molecule has 0 amide bonds. The topological polar surface area (TPSA) is 26.0 Å². The van der Waals surface area contributed by atoms with Gasteiger partial charge >= 0.3 is 0 Å². The van der Waals surface area contributed by atoms with Crippen LogP contribution in [0.25, 0.3) is 0 Å². The van der Waals surface area contributed by atoms with Crippen LogP contribution in [0.3, 0.4) is 0 Å². The highest BCUT2D eigenvalue weighted by atomic mass is 15.4. The van der Waals surface area contributed by atoms with Gasteiger partial charge in [-0.2, -0.15) is 0 Å². The summed E-state index contributed by atoms with van der Waals surface area (Å²) in [7, 11) is 2.57. The molecule has 2 heteroatoms. The van der Waals surface area contributed by atoms with Crippen LogP contribution in [-0.4, -0.2) is 36.7 Å². The maximum absolute atomic E-state index is 5.95. The predicted molar refractivity (Wildman–Crippen MR) is 203 cm³/mol. The van der Waals surface area contributed by atoms with Gasteiger partial charge in [-0.15, -0.1) is 0 Å². The molecule has 0 saturated carbocycles. The van der Waals surface area contributed by atoms with Crippen LogP contribution in [0.5, 0.6) is 0 Å². The average Bonchev–Trinajstić information content (AvgIpc) is 3.01. The van der Waals surface area contributed by atoms with Gasteiger partial charge < -0.3 is 10.2 Å². The Hall–Kier alpha value is -0.0800. The molecule has 0 aromatic carbocycles. The second-order valence-electron chi connectivity index (χ2n) is 15.8. The Labute approximate surface area is 281 Å². The smallest absolute Gasteiger partial charge is 0.0934 e. The van der Waals surface area contributed by atoms with E-state index < -0.39 is 0 Å². The van der Waals surface area contributed by atoms with Crippen molar-refractivity contribution >= 4 is 0 Å². The summed E-state index contributed by atoms with van der Waals surface area (Å²) in [4.78, 5) is 0. The third-order valence-corrected chi connectivity index (χ3v) is 11.2. The van der Waals surface area contributed by atoms with E-state index in [0.717, 1.165) is 6.54 Å². The summed E-state index contributed by atoms with van der Waals surface area (Å²) in [5.74, 6) is 0. The van der Waals surface area contributed by atoms with E-state index in [2.05, 4.69) is 34.7 Å². The fourth-order valence-corrected chi connectivity index (χ4v) is 7.36. The van der Waals surface area contributed by atoms with Crippen LogP contribution < -0.4 is 5.73 Å². The van der Waals surface area contributed by atoms with Gasteiger partial charge in [-0.3, -0.25) is 0 Å². The quantitative estimate of drug-likeness (QED) is 0.0542. The van der Waals surface area contributed by atoms with Crippen molar-refractivity contribution in [3.05, 3.63) is 0 Å². The average molecular weight is 622 g/mol. The number of quaternary nitrogens is 1. The zero-order chi connectivity index (χ0) is 32.5. The minimum absolute atomic E-state index is 0.338. The molecule has 2 nitrogen and oxygen atoms in total. The first-order valence-electron chi connectivity index (χ1n) is 21.0. The zero-order valence-corrected chi connectivity index (χ0v) is 32.0. The normalized spacial score (nSPS) is 13.5. The second-order valence-corrected chi connectivity index (χ2v) is 15.8. The molecule has 2 N–H and O–H groups in total. The molecule has 0 spiro atoms. The Kier molecular flexibility index (Phi) is 32.8. The molecule has 1 atom stereocenters.